The number of likely N-dealkylation sites (tertiary alicyclic amines) is 1. The molecule has 0 radical (unpaired) electrons. The minimum atomic E-state index is -0.971. The second-order valence-corrected chi connectivity index (χ2v) is 5.44. The Labute approximate surface area is 120 Å². The van der Waals surface area contributed by atoms with Gasteiger partial charge in [0.15, 0.2) is 11.6 Å². The molecule has 0 aliphatic carbocycles. The third-order valence-electron chi connectivity index (χ3n) is 3.70. The monoisotopic (exact) mass is 298 g/mol. The predicted octanol–water partition coefficient (Wildman–Crippen LogP) is 1.97. The molecule has 1 fully saturated rings. The molecule has 0 saturated carbocycles. The van der Waals surface area contributed by atoms with Crippen LogP contribution in [0.1, 0.15) is 18.9 Å². The highest BCUT2D eigenvalue weighted by atomic mass is 19.2. The molecule has 114 valence electrons. The number of carbonyl (C=O) groups is 2. The Morgan fingerprint density at radius 3 is 2.67 bits per heavy atom. The molecule has 1 aliphatic heterocycles. The molecule has 7 heteroatoms. The number of carboxylic acid groups (broad SMARTS) is 1. The van der Waals surface area contributed by atoms with Gasteiger partial charge >= 0.3 is 12.0 Å². The van der Waals surface area contributed by atoms with E-state index in [9.17, 15) is 18.4 Å². The fraction of sp³-hybridized carbons (Fsp3) is 0.429. The van der Waals surface area contributed by atoms with Gasteiger partial charge in [-0.3, -0.25) is 4.79 Å². The Balaban J connectivity index is 1.91. The van der Waals surface area contributed by atoms with Crippen LogP contribution in [0.15, 0.2) is 18.2 Å². The molecule has 0 bridgehead atoms. The number of hydrogen-bond donors (Lipinski definition) is 2. The normalized spacial score (nSPS) is 21.4. The molecule has 1 aliphatic rings. The van der Waals surface area contributed by atoms with Crippen molar-refractivity contribution in [2.75, 3.05) is 13.1 Å². The molecule has 21 heavy (non-hydrogen) atoms. The minimum Gasteiger partial charge on any atom is -0.481 e. The molecule has 1 aromatic rings. The molecule has 2 rings (SSSR count). The van der Waals surface area contributed by atoms with Crippen LogP contribution in [0.5, 0.6) is 0 Å². The number of benzene rings is 1. The predicted molar refractivity (Wildman–Crippen MR) is 70.5 cm³/mol. The van der Waals surface area contributed by atoms with Crippen LogP contribution in [-0.2, 0) is 11.3 Å². The average Bonchev–Trinajstić information content (AvgIpc) is 2.84. The van der Waals surface area contributed by atoms with Gasteiger partial charge in [0.1, 0.15) is 0 Å². The molecule has 1 unspecified atom stereocenters. The Bertz CT molecular complexity index is 579. The number of halogens is 2. The number of nitrogens with one attached hydrogen (secondary N) is 1. The molecule has 1 saturated heterocycles. The van der Waals surface area contributed by atoms with E-state index in [4.69, 9.17) is 5.11 Å². The SMILES string of the molecule is CC1(C(=O)O)CCN(C(=O)NCc2ccc(F)c(F)c2)C1. The lowest BCUT2D eigenvalue weighted by Gasteiger charge is -2.20. The first-order valence-corrected chi connectivity index (χ1v) is 6.52. The third kappa shape index (κ3) is 3.29. The number of hydrogen-bond acceptors (Lipinski definition) is 2. The largest absolute Gasteiger partial charge is 0.481 e. The van der Waals surface area contributed by atoms with E-state index in [1.807, 2.05) is 0 Å². The van der Waals surface area contributed by atoms with Gasteiger partial charge in [0.05, 0.1) is 5.41 Å². The number of carbonyl (C=O) groups excluding carboxylic acids is 1. The molecule has 0 spiro atoms. The maximum Gasteiger partial charge on any atom is 0.317 e. The van der Waals surface area contributed by atoms with Crippen LogP contribution < -0.4 is 5.32 Å². The van der Waals surface area contributed by atoms with Crippen molar-refractivity contribution in [3.63, 3.8) is 0 Å². The molecule has 2 amide bonds. The topological polar surface area (TPSA) is 69.6 Å². The summed E-state index contributed by atoms with van der Waals surface area (Å²) in [6, 6.07) is 2.98. The fourth-order valence-corrected chi connectivity index (χ4v) is 2.25. The van der Waals surface area contributed by atoms with Gasteiger partial charge in [-0.15, -0.1) is 0 Å². The third-order valence-corrected chi connectivity index (χ3v) is 3.70. The van der Waals surface area contributed by atoms with Crippen molar-refractivity contribution in [3.8, 4) is 0 Å². The number of aliphatic carboxylic acids is 1. The van der Waals surface area contributed by atoms with E-state index in [-0.39, 0.29) is 13.1 Å². The van der Waals surface area contributed by atoms with Gasteiger partial charge in [-0.05, 0) is 31.0 Å². The summed E-state index contributed by atoms with van der Waals surface area (Å²) in [5.74, 6) is -2.85. The van der Waals surface area contributed by atoms with Gasteiger partial charge in [0, 0.05) is 19.6 Å². The Morgan fingerprint density at radius 1 is 1.38 bits per heavy atom. The average molecular weight is 298 g/mol. The summed E-state index contributed by atoms with van der Waals surface area (Å²) in [5, 5.41) is 11.7. The van der Waals surface area contributed by atoms with Crippen LogP contribution in [0, 0.1) is 17.0 Å². The van der Waals surface area contributed by atoms with Gasteiger partial charge in [-0.25, -0.2) is 13.6 Å². The van der Waals surface area contributed by atoms with Crippen LogP contribution in [0.3, 0.4) is 0 Å². The highest BCUT2D eigenvalue weighted by Crippen LogP contribution is 2.29. The number of nitrogens with zero attached hydrogens (tertiary/aromatic N) is 1. The summed E-state index contributed by atoms with van der Waals surface area (Å²) in [7, 11) is 0. The standard InChI is InChI=1S/C14H16F2N2O3/c1-14(12(19)20)4-5-18(8-14)13(21)17-7-9-2-3-10(15)11(16)6-9/h2-3,6H,4-5,7-8H2,1H3,(H,17,21)(H,19,20). The number of urea groups is 1. The molecule has 2 N–H and O–H groups in total. The van der Waals surface area contributed by atoms with Crippen LogP contribution in [0.4, 0.5) is 13.6 Å². The number of amides is 2. The second kappa shape index (κ2) is 5.67. The van der Waals surface area contributed by atoms with Crippen molar-refractivity contribution in [2.24, 2.45) is 5.41 Å². The van der Waals surface area contributed by atoms with Crippen molar-refractivity contribution < 1.29 is 23.5 Å². The number of rotatable bonds is 3. The van der Waals surface area contributed by atoms with Crippen LogP contribution in [-0.4, -0.2) is 35.1 Å². The van der Waals surface area contributed by atoms with E-state index >= 15 is 0 Å². The zero-order valence-electron chi connectivity index (χ0n) is 11.5. The molecular weight excluding hydrogens is 282 g/mol. The van der Waals surface area contributed by atoms with Crippen molar-refractivity contribution >= 4 is 12.0 Å². The summed E-state index contributed by atoms with van der Waals surface area (Å²) in [6.45, 7) is 2.13. The van der Waals surface area contributed by atoms with Gasteiger partial charge in [-0.2, -0.15) is 0 Å². The highest BCUT2D eigenvalue weighted by molar-refractivity contribution is 5.79. The van der Waals surface area contributed by atoms with E-state index < -0.39 is 29.0 Å². The summed E-state index contributed by atoms with van der Waals surface area (Å²) >= 11 is 0. The first kappa shape index (κ1) is 15.2. The van der Waals surface area contributed by atoms with Crippen LogP contribution >= 0.6 is 0 Å². The lowest BCUT2D eigenvalue weighted by atomic mass is 9.90. The van der Waals surface area contributed by atoms with Crippen LogP contribution in [0.2, 0.25) is 0 Å². The molecule has 1 aromatic carbocycles. The Hall–Kier alpha value is -2.18. The van der Waals surface area contributed by atoms with Gasteiger partial charge < -0.3 is 15.3 Å². The Morgan fingerprint density at radius 2 is 2.10 bits per heavy atom. The van der Waals surface area contributed by atoms with Crippen LogP contribution in [0.25, 0.3) is 0 Å². The Kier molecular flexibility index (Phi) is 4.11. The van der Waals surface area contributed by atoms with Crippen molar-refractivity contribution in [3.05, 3.63) is 35.4 Å². The summed E-state index contributed by atoms with van der Waals surface area (Å²) in [6.07, 6.45) is 0.390. The maximum atomic E-state index is 13.0. The van der Waals surface area contributed by atoms with E-state index in [2.05, 4.69) is 5.32 Å². The van der Waals surface area contributed by atoms with Crippen molar-refractivity contribution in [1.82, 2.24) is 10.2 Å². The smallest absolute Gasteiger partial charge is 0.317 e. The summed E-state index contributed by atoms with van der Waals surface area (Å²) < 4.78 is 25.8. The van der Waals surface area contributed by atoms with Gasteiger partial charge in [-0.1, -0.05) is 6.07 Å². The van der Waals surface area contributed by atoms with E-state index in [1.54, 1.807) is 6.92 Å². The maximum absolute atomic E-state index is 13.0. The fourth-order valence-electron chi connectivity index (χ4n) is 2.25. The van der Waals surface area contributed by atoms with Crippen molar-refractivity contribution in [1.29, 1.82) is 0 Å². The van der Waals surface area contributed by atoms with Crippen molar-refractivity contribution in [2.45, 2.75) is 19.9 Å². The summed E-state index contributed by atoms with van der Waals surface area (Å²) in [4.78, 5) is 24.5. The van der Waals surface area contributed by atoms with E-state index in [1.165, 1.54) is 11.0 Å². The minimum absolute atomic E-state index is 0.0519. The summed E-state index contributed by atoms with van der Waals surface area (Å²) in [5.41, 5.74) is -0.498. The molecule has 5 nitrogen and oxygen atoms in total. The molecule has 1 atom stereocenters. The highest BCUT2D eigenvalue weighted by Gasteiger charge is 2.42. The lowest BCUT2D eigenvalue weighted by Crippen LogP contribution is -2.40. The lowest BCUT2D eigenvalue weighted by molar-refractivity contribution is -0.147. The number of carboxylic acids is 1. The zero-order chi connectivity index (χ0) is 15.6. The molecule has 1 heterocycles. The van der Waals surface area contributed by atoms with E-state index in [0.29, 0.717) is 18.5 Å². The zero-order valence-corrected chi connectivity index (χ0v) is 11.5. The molecular formula is C14H16F2N2O3. The first-order valence-electron chi connectivity index (χ1n) is 6.52. The first-order chi connectivity index (χ1) is 9.82. The van der Waals surface area contributed by atoms with Gasteiger partial charge in [0.25, 0.3) is 0 Å². The van der Waals surface area contributed by atoms with Gasteiger partial charge in [0.2, 0.25) is 0 Å². The van der Waals surface area contributed by atoms with E-state index in [0.717, 1.165) is 12.1 Å². The molecule has 0 aromatic heterocycles. The quantitative estimate of drug-likeness (QED) is 0.896. The second-order valence-electron chi connectivity index (χ2n) is 5.44.